The number of pyridine rings is 1. The lowest BCUT2D eigenvalue weighted by molar-refractivity contribution is -0.145. The number of aromatic nitrogens is 1. The Kier molecular flexibility index (Phi) is 2.97. The molecule has 0 unspecified atom stereocenters. The zero-order valence-electron chi connectivity index (χ0n) is 14.2. The molecule has 25 heavy (non-hydrogen) atoms. The third-order valence-electron chi connectivity index (χ3n) is 7.46. The first-order chi connectivity index (χ1) is 12.1. The number of nitriles is 2. The van der Waals surface area contributed by atoms with Gasteiger partial charge in [-0.2, -0.15) is 10.5 Å². The molecular weight excluding hydrogens is 310 g/mol. The van der Waals surface area contributed by atoms with E-state index in [1.807, 2.05) is 12.1 Å². The fourth-order valence-electron chi connectivity index (χ4n) is 6.81. The van der Waals surface area contributed by atoms with Crippen LogP contribution in [0.25, 0.3) is 0 Å². The Labute approximate surface area is 147 Å². The highest BCUT2D eigenvalue weighted by atomic mass is 16.1. The molecule has 1 aromatic heterocycles. The van der Waals surface area contributed by atoms with Gasteiger partial charge < -0.3 is 0 Å². The first-order valence-corrected chi connectivity index (χ1v) is 9.38. The number of rotatable bonds is 3. The standard InChI is InChI=1S/C21H21N3O/c22-11-21(12-23)17(16-2-1-3-24-10-16)18(21)19(25)20-7-13-4-14(8-20)6-15(5-13)9-20/h1-3,10,13-15,17-18H,4-9H2/t13?,14?,15?,17-,18-,20?/m0/s1. The Balaban J connectivity index is 1.51. The van der Waals surface area contributed by atoms with Gasteiger partial charge in [0.25, 0.3) is 0 Å². The summed E-state index contributed by atoms with van der Waals surface area (Å²) in [7, 11) is 0. The van der Waals surface area contributed by atoms with Crippen LogP contribution in [0.3, 0.4) is 0 Å². The molecule has 5 fully saturated rings. The normalized spacial score (nSPS) is 42.4. The predicted octanol–water partition coefficient (Wildman–Crippen LogP) is 3.61. The minimum Gasteiger partial charge on any atom is -0.299 e. The highest BCUT2D eigenvalue weighted by Crippen LogP contribution is 2.70. The third-order valence-corrected chi connectivity index (χ3v) is 7.46. The van der Waals surface area contributed by atoms with Crippen LogP contribution in [0.1, 0.15) is 50.0 Å². The smallest absolute Gasteiger partial charge is 0.161 e. The molecule has 0 radical (unpaired) electrons. The molecule has 5 aliphatic carbocycles. The summed E-state index contributed by atoms with van der Waals surface area (Å²) in [6.45, 7) is 0. The van der Waals surface area contributed by atoms with Gasteiger partial charge in [-0.3, -0.25) is 9.78 Å². The first kappa shape index (κ1) is 15.1. The van der Waals surface area contributed by atoms with E-state index in [0.29, 0.717) is 17.8 Å². The van der Waals surface area contributed by atoms with E-state index in [0.717, 1.165) is 24.8 Å². The van der Waals surface area contributed by atoms with Crippen LogP contribution in [-0.2, 0) is 4.79 Å². The number of Topliss-reactive ketones (excluding diaryl/α,β-unsaturated/α-hetero) is 1. The van der Waals surface area contributed by atoms with Gasteiger partial charge in [0.1, 0.15) is 5.78 Å². The van der Waals surface area contributed by atoms with Gasteiger partial charge >= 0.3 is 0 Å². The van der Waals surface area contributed by atoms with Crippen molar-refractivity contribution in [3.63, 3.8) is 0 Å². The van der Waals surface area contributed by atoms with E-state index >= 15 is 0 Å². The summed E-state index contributed by atoms with van der Waals surface area (Å²) in [5, 5.41) is 19.5. The molecule has 5 saturated carbocycles. The highest BCUT2D eigenvalue weighted by Gasteiger charge is 2.73. The SMILES string of the molecule is N#CC1(C#N)[C@H](C(=O)C23CC4CC(CC(C4)C2)C3)[C@@H]1c1cccnc1. The van der Waals surface area contributed by atoms with Crippen molar-refractivity contribution in [1.29, 1.82) is 10.5 Å². The molecule has 0 N–H and O–H groups in total. The Hall–Kier alpha value is -2.20. The van der Waals surface area contributed by atoms with Crippen LogP contribution in [0.15, 0.2) is 24.5 Å². The van der Waals surface area contributed by atoms with E-state index < -0.39 is 11.3 Å². The summed E-state index contributed by atoms with van der Waals surface area (Å²) in [4.78, 5) is 17.8. The molecule has 1 heterocycles. The largest absolute Gasteiger partial charge is 0.299 e. The number of ketones is 1. The van der Waals surface area contributed by atoms with Gasteiger partial charge in [-0.1, -0.05) is 6.07 Å². The van der Waals surface area contributed by atoms with Gasteiger partial charge in [-0.25, -0.2) is 0 Å². The van der Waals surface area contributed by atoms with E-state index in [1.165, 1.54) is 19.3 Å². The maximum atomic E-state index is 13.7. The third kappa shape index (κ3) is 1.92. The van der Waals surface area contributed by atoms with Crippen molar-refractivity contribution in [2.75, 3.05) is 0 Å². The molecule has 2 atom stereocenters. The average molecular weight is 331 g/mol. The lowest BCUT2D eigenvalue weighted by Gasteiger charge is -2.56. The average Bonchev–Trinajstić information content (AvgIpc) is 3.30. The van der Waals surface area contributed by atoms with Crippen molar-refractivity contribution >= 4 is 5.78 Å². The zero-order chi connectivity index (χ0) is 17.2. The van der Waals surface area contributed by atoms with Crippen LogP contribution in [0.4, 0.5) is 0 Å². The van der Waals surface area contributed by atoms with Crippen LogP contribution >= 0.6 is 0 Å². The first-order valence-electron chi connectivity index (χ1n) is 9.38. The molecule has 0 aliphatic heterocycles. The van der Waals surface area contributed by atoms with Gasteiger partial charge in [-0.15, -0.1) is 0 Å². The molecule has 4 heteroatoms. The molecule has 0 amide bonds. The van der Waals surface area contributed by atoms with Gasteiger partial charge in [0.2, 0.25) is 0 Å². The van der Waals surface area contributed by atoms with Crippen molar-refractivity contribution in [2.45, 2.75) is 44.4 Å². The maximum Gasteiger partial charge on any atom is 0.161 e. The zero-order valence-corrected chi connectivity index (χ0v) is 14.2. The van der Waals surface area contributed by atoms with Gasteiger partial charge in [-0.05, 0) is 67.9 Å². The molecule has 5 aliphatic rings. The van der Waals surface area contributed by atoms with Crippen molar-refractivity contribution in [3.05, 3.63) is 30.1 Å². The van der Waals surface area contributed by atoms with Crippen LogP contribution in [0.5, 0.6) is 0 Å². The topological polar surface area (TPSA) is 77.5 Å². The number of carbonyl (C=O) groups excluding carboxylic acids is 1. The van der Waals surface area contributed by atoms with Crippen LogP contribution < -0.4 is 0 Å². The Bertz CT molecular complexity index is 766. The summed E-state index contributed by atoms with van der Waals surface area (Å²) in [6, 6.07) is 8.12. The monoisotopic (exact) mass is 331 g/mol. The second-order valence-corrected chi connectivity index (χ2v) is 8.90. The Morgan fingerprint density at radius 1 is 1.08 bits per heavy atom. The van der Waals surface area contributed by atoms with Crippen molar-refractivity contribution < 1.29 is 4.79 Å². The fourth-order valence-corrected chi connectivity index (χ4v) is 6.81. The lowest BCUT2D eigenvalue weighted by Crippen LogP contribution is -2.50. The predicted molar refractivity (Wildman–Crippen MR) is 89.7 cm³/mol. The summed E-state index contributed by atoms with van der Waals surface area (Å²) >= 11 is 0. The maximum absolute atomic E-state index is 13.7. The molecule has 126 valence electrons. The highest BCUT2D eigenvalue weighted by molar-refractivity contribution is 5.94. The molecule has 4 bridgehead atoms. The van der Waals surface area contributed by atoms with E-state index in [9.17, 15) is 15.3 Å². The molecule has 6 rings (SSSR count). The van der Waals surface area contributed by atoms with E-state index in [1.54, 1.807) is 12.4 Å². The molecular formula is C21H21N3O. The van der Waals surface area contributed by atoms with Gasteiger partial charge in [0.15, 0.2) is 5.41 Å². The van der Waals surface area contributed by atoms with Crippen molar-refractivity contribution in [3.8, 4) is 12.1 Å². The molecule has 0 spiro atoms. The summed E-state index contributed by atoms with van der Waals surface area (Å²) in [5.41, 5.74) is -0.590. The van der Waals surface area contributed by atoms with Gasteiger partial charge in [0, 0.05) is 23.7 Å². The van der Waals surface area contributed by atoms with Gasteiger partial charge in [0.05, 0.1) is 18.1 Å². The van der Waals surface area contributed by atoms with Crippen LogP contribution in [-0.4, -0.2) is 10.8 Å². The molecule has 1 aromatic rings. The van der Waals surface area contributed by atoms with E-state index in [4.69, 9.17) is 0 Å². The summed E-state index contributed by atoms with van der Waals surface area (Å²) in [6.07, 6.45) is 10.2. The fraction of sp³-hybridized carbons (Fsp3) is 0.619. The minimum atomic E-state index is -1.19. The number of nitrogens with zero attached hydrogens (tertiary/aromatic N) is 3. The van der Waals surface area contributed by atoms with Crippen LogP contribution in [0.2, 0.25) is 0 Å². The summed E-state index contributed by atoms with van der Waals surface area (Å²) < 4.78 is 0. The van der Waals surface area contributed by atoms with E-state index in [-0.39, 0.29) is 17.1 Å². The van der Waals surface area contributed by atoms with E-state index in [2.05, 4.69) is 17.1 Å². The lowest BCUT2D eigenvalue weighted by atomic mass is 9.48. The minimum absolute atomic E-state index is 0.212. The molecule has 0 aromatic carbocycles. The number of hydrogen-bond acceptors (Lipinski definition) is 4. The summed E-state index contributed by atoms with van der Waals surface area (Å²) in [5.74, 6) is 1.49. The Morgan fingerprint density at radius 3 is 2.16 bits per heavy atom. The van der Waals surface area contributed by atoms with Crippen LogP contribution in [0, 0.1) is 57.2 Å². The quantitative estimate of drug-likeness (QED) is 0.847. The molecule has 0 saturated heterocycles. The van der Waals surface area contributed by atoms with Crippen molar-refractivity contribution in [2.24, 2.45) is 34.5 Å². The molecule has 4 nitrogen and oxygen atoms in total. The van der Waals surface area contributed by atoms with Crippen molar-refractivity contribution in [1.82, 2.24) is 4.98 Å². The number of hydrogen-bond donors (Lipinski definition) is 0. The second-order valence-electron chi connectivity index (χ2n) is 8.90. The number of carbonyl (C=O) groups is 1. The Morgan fingerprint density at radius 2 is 1.68 bits per heavy atom. The second kappa shape index (κ2) is 4.92.